The van der Waals surface area contributed by atoms with E-state index in [2.05, 4.69) is 5.32 Å². The molecule has 0 radical (unpaired) electrons. The van der Waals surface area contributed by atoms with Gasteiger partial charge in [0.25, 0.3) is 0 Å². The lowest BCUT2D eigenvalue weighted by Gasteiger charge is -2.22. The number of carbonyl (C=O) groups excluding carboxylic acids is 2. The first-order chi connectivity index (χ1) is 10.6. The van der Waals surface area contributed by atoms with Crippen LogP contribution in [0.2, 0.25) is 0 Å². The van der Waals surface area contributed by atoms with Crippen molar-refractivity contribution in [2.75, 3.05) is 10.2 Å². The average Bonchev–Trinajstić information content (AvgIpc) is 2.48. The van der Waals surface area contributed by atoms with E-state index in [1.807, 2.05) is 12.1 Å². The third kappa shape index (κ3) is 4.09. The molecule has 0 aliphatic rings. The van der Waals surface area contributed by atoms with Crippen LogP contribution in [0, 0.1) is 0 Å². The number of hydrogen-bond donors (Lipinski definition) is 1. The van der Waals surface area contributed by atoms with Gasteiger partial charge in [-0.25, -0.2) is 9.59 Å². The molecule has 0 spiro atoms. The van der Waals surface area contributed by atoms with Crippen LogP contribution in [-0.4, -0.2) is 18.2 Å². The van der Waals surface area contributed by atoms with E-state index < -0.39 is 12.1 Å². The topological polar surface area (TPSA) is 58.6 Å². The number of imide groups is 1. The monoisotopic (exact) mass is 298 g/mol. The maximum absolute atomic E-state index is 12.5. The Morgan fingerprint density at radius 1 is 0.955 bits per heavy atom. The first-order valence-electron chi connectivity index (χ1n) is 6.99. The second kappa shape index (κ2) is 7.26. The molecule has 0 aliphatic carbocycles. The molecular weight excluding hydrogens is 280 g/mol. The summed E-state index contributed by atoms with van der Waals surface area (Å²) >= 11 is 0. The molecule has 2 aromatic rings. The molecule has 0 unspecified atom stereocenters. The van der Waals surface area contributed by atoms with E-state index in [9.17, 15) is 9.59 Å². The number of ether oxygens (including phenoxy) is 1. The molecule has 0 saturated carbocycles. The molecule has 0 aromatic heterocycles. The second-order valence-corrected chi connectivity index (χ2v) is 4.90. The number of nitrogens with one attached hydrogen (secondary N) is 1. The first-order valence-corrected chi connectivity index (χ1v) is 6.99. The Bertz CT molecular complexity index is 627. The van der Waals surface area contributed by atoms with Crippen LogP contribution in [0.25, 0.3) is 0 Å². The van der Waals surface area contributed by atoms with Crippen LogP contribution in [0.1, 0.15) is 13.8 Å². The van der Waals surface area contributed by atoms with E-state index in [-0.39, 0.29) is 6.10 Å². The maximum Gasteiger partial charge on any atom is 0.422 e. The van der Waals surface area contributed by atoms with Crippen molar-refractivity contribution in [3.8, 4) is 0 Å². The van der Waals surface area contributed by atoms with E-state index in [1.54, 1.807) is 62.4 Å². The summed E-state index contributed by atoms with van der Waals surface area (Å²) in [7, 11) is 0. The second-order valence-electron chi connectivity index (χ2n) is 4.90. The van der Waals surface area contributed by atoms with Crippen molar-refractivity contribution >= 4 is 23.5 Å². The van der Waals surface area contributed by atoms with Gasteiger partial charge in [-0.2, -0.15) is 4.90 Å². The standard InChI is InChI=1S/C17H18N2O3/c1-13(2)22-17(21)19(15-11-7-4-8-12-15)16(20)18-14-9-5-3-6-10-14/h3-13H,1-2H3,(H,18,20). The highest BCUT2D eigenvalue weighted by molar-refractivity contribution is 6.16. The lowest BCUT2D eigenvalue weighted by molar-refractivity contribution is 0.124. The molecule has 0 bridgehead atoms. The summed E-state index contributed by atoms with van der Waals surface area (Å²) in [6, 6.07) is 17.0. The Morgan fingerprint density at radius 3 is 2.05 bits per heavy atom. The molecule has 0 atom stereocenters. The summed E-state index contributed by atoms with van der Waals surface area (Å²) in [6.07, 6.45) is -1.03. The predicted octanol–water partition coefficient (Wildman–Crippen LogP) is 4.27. The quantitative estimate of drug-likeness (QED) is 0.920. The summed E-state index contributed by atoms with van der Waals surface area (Å²) in [5.74, 6) is 0. The van der Waals surface area contributed by atoms with Crippen molar-refractivity contribution in [2.45, 2.75) is 20.0 Å². The fraction of sp³-hybridized carbons (Fsp3) is 0.176. The molecule has 5 heteroatoms. The maximum atomic E-state index is 12.5. The van der Waals surface area contributed by atoms with Crippen molar-refractivity contribution in [1.29, 1.82) is 0 Å². The number of carbonyl (C=O) groups is 2. The summed E-state index contributed by atoms with van der Waals surface area (Å²) in [5.41, 5.74) is 1.05. The summed E-state index contributed by atoms with van der Waals surface area (Å²) in [4.78, 5) is 25.7. The normalized spacial score (nSPS) is 10.1. The third-order valence-electron chi connectivity index (χ3n) is 2.76. The van der Waals surface area contributed by atoms with Crippen molar-refractivity contribution in [3.63, 3.8) is 0 Å². The molecular formula is C17H18N2O3. The molecule has 3 amide bonds. The number of anilines is 2. The molecule has 2 aromatic carbocycles. The number of amides is 3. The number of benzene rings is 2. The molecule has 0 fully saturated rings. The van der Waals surface area contributed by atoms with E-state index in [1.165, 1.54) is 0 Å². The van der Waals surface area contributed by atoms with Crippen molar-refractivity contribution in [1.82, 2.24) is 0 Å². The van der Waals surface area contributed by atoms with Gasteiger partial charge in [-0.1, -0.05) is 36.4 Å². The van der Waals surface area contributed by atoms with Gasteiger partial charge in [0.05, 0.1) is 11.8 Å². The zero-order valence-electron chi connectivity index (χ0n) is 12.5. The highest BCUT2D eigenvalue weighted by Crippen LogP contribution is 2.17. The predicted molar refractivity (Wildman–Crippen MR) is 86.0 cm³/mol. The molecule has 0 heterocycles. The van der Waals surface area contributed by atoms with Gasteiger partial charge < -0.3 is 10.1 Å². The Labute approximate surface area is 129 Å². The van der Waals surface area contributed by atoms with Crippen LogP contribution in [0.4, 0.5) is 21.0 Å². The summed E-state index contributed by atoms with van der Waals surface area (Å²) in [5, 5.41) is 2.68. The molecule has 0 aliphatic heterocycles. The lowest BCUT2D eigenvalue weighted by atomic mass is 10.3. The fourth-order valence-corrected chi connectivity index (χ4v) is 1.84. The van der Waals surface area contributed by atoms with Crippen molar-refractivity contribution in [2.24, 2.45) is 0 Å². The highest BCUT2D eigenvalue weighted by atomic mass is 16.6. The van der Waals surface area contributed by atoms with Gasteiger partial charge in [-0.05, 0) is 38.1 Å². The van der Waals surface area contributed by atoms with Gasteiger partial charge in [0.2, 0.25) is 0 Å². The number of nitrogens with zero attached hydrogens (tertiary/aromatic N) is 1. The smallest absolute Gasteiger partial charge is 0.422 e. The minimum absolute atomic E-state index is 0.316. The largest absolute Gasteiger partial charge is 0.446 e. The molecule has 5 nitrogen and oxygen atoms in total. The van der Waals surface area contributed by atoms with Gasteiger partial charge in [-0.3, -0.25) is 0 Å². The van der Waals surface area contributed by atoms with Crippen LogP contribution in [0.3, 0.4) is 0 Å². The third-order valence-corrected chi connectivity index (χ3v) is 2.76. The van der Waals surface area contributed by atoms with Gasteiger partial charge >= 0.3 is 12.1 Å². The van der Waals surface area contributed by atoms with Gasteiger partial charge in [0.1, 0.15) is 0 Å². The van der Waals surface area contributed by atoms with Crippen LogP contribution in [-0.2, 0) is 4.74 Å². The van der Waals surface area contributed by atoms with Gasteiger partial charge in [0, 0.05) is 5.69 Å². The number of hydrogen-bond acceptors (Lipinski definition) is 3. The molecule has 114 valence electrons. The van der Waals surface area contributed by atoms with E-state index in [0.717, 1.165) is 4.90 Å². The Hall–Kier alpha value is -2.82. The number of urea groups is 1. The fourth-order valence-electron chi connectivity index (χ4n) is 1.84. The molecule has 22 heavy (non-hydrogen) atoms. The van der Waals surface area contributed by atoms with Crippen molar-refractivity contribution in [3.05, 3.63) is 60.7 Å². The molecule has 1 N–H and O–H groups in total. The Balaban J connectivity index is 2.24. The molecule has 0 saturated heterocycles. The number of para-hydroxylation sites is 2. The van der Waals surface area contributed by atoms with E-state index in [0.29, 0.717) is 11.4 Å². The average molecular weight is 298 g/mol. The van der Waals surface area contributed by atoms with Crippen LogP contribution >= 0.6 is 0 Å². The highest BCUT2D eigenvalue weighted by Gasteiger charge is 2.25. The van der Waals surface area contributed by atoms with Crippen LogP contribution in [0.15, 0.2) is 60.7 Å². The summed E-state index contributed by atoms with van der Waals surface area (Å²) in [6.45, 7) is 3.46. The zero-order valence-corrected chi connectivity index (χ0v) is 12.5. The van der Waals surface area contributed by atoms with Crippen molar-refractivity contribution < 1.29 is 14.3 Å². The Morgan fingerprint density at radius 2 is 1.50 bits per heavy atom. The van der Waals surface area contributed by atoms with E-state index >= 15 is 0 Å². The lowest BCUT2D eigenvalue weighted by Crippen LogP contribution is -2.41. The van der Waals surface area contributed by atoms with Gasteiger partial charge in [0.15, 0.2) is 0 Å². The number of rotatable bonds is 3. The van der Waals surface area contributed by atoms with E-state index in [4.69, 9.17) is 4.74 Å². The molecule has 2 rings (SSSR count). The minimum Gasteiger partial charge on any atom is -0.446 e. The SMILES string of the molecule is CC(C)OC(=O)N(C(=O)Nc1ccccc1)c1ccccc1. The minimum atomic E-state index is -0.713. The summed E-state index contributed by atoms with van der Waals surface area (Å²) < 4.78 is 5.15. The van der Waals surface area contributed by atoms with Gasteiger partial charge in [-0.15, -0.1) is 0 Å². The van der Waals surface area contributed by atoms with Crippen LogP contribution in [0.5, 0.6) is 0 Å². The first kappa shape index (κ1) is 15.6. The zero-order chi connectivity index (χ0) is 15.9. The Kier molecular flexibility index (Phi) is 5.14. The van der Waals surface area contributed by atoms with Crippen LogP contribution < -0.4 is 10.2 Å².